The Hall–Kier alpha value is -2.33. The highest BCUT2D eigenvalue weighted by Crippen LogP contribution is 2.39. The number of hydrogen-bond donors (Lipinski definition) is 2. The van der Waals surface area contributed by atoms with Crippen molar-refractivity contribution < 1.29 is 41.0 Å². The van der Waals surface area contributed by atoms with Gasteiger partial charge in [-0.25, -0.2) is 9.78 Å². The van der Waals surface area contributed by atoms with E-state index in [4.69, 9.17) is 5.11 Å². The molecule has 21 heavy (non-hydrogen) atoms. The van der Waals surface area contributed by atoms with Crippen LogP contribution >= 0.6 is 0 Å². The zero-order valence-corrected chi connectivity index (χ0v) is 9.79. The van der Waals surface area contributed by atoms with Gasteiger partial charge in [-0.3, -0.25) is 4.79 Å². The molecule has 1 rings (SSSR count). The van der Waals surface area contributed by atoms with Crippen LogP contribution < -0.4 is 5.32 Å². The number of carboxylic acids is 1. The SMILES string of the molecule is O=C(O)c1ccc(NC(=O)C(C(F)(F)F)C(F)(F)F)nc1. The molecule has 0 fully saturated rings. The summed E-state index contributed by atoms with van der Waals surface area (Å²) in [6, 6.07) is 1.63. The van der Waals surface area contributed by atoms with E-state index in [1.165, 1.54) is 5.32 Å². The minimum atomic E-state index is -5.82. The smallest absolute Gasteiger partial charge is 0.409 e. The number of anilines is 1. The van der Waals surface area contributed by atoms with Crippen LogP contribution in [-0.4, -0.2) is 34.3 Å². The summed E-state index contributed by atoms with van der Waals surface area (Å²) in [5.74, 6) is -8.59. The second-order valence-electron chi connectivity index (χ2n) is 3.74. The van der Waals surface area contributed by atoms with Crippen LogP contribution in [0.2, 0.25) is 0 Å². The third-order valence-corrected chi connectivity index (χ3v) is 2.18. The van der Waals surface area contributed by atoms with Crippen LogP contribution in [0.4, 0.5) is 32.2 Å². The van der Waals surface area contributed by atoms with E-state index in [1.54, 1.807) is 0 Å². The van der Waals surface area contributed by atoms with E-state index < -0.39 is 36.0 Å². The molecular weight excluding hydrogens is 310 g/mol. The number of aromatic nitrogens is 1. The van der Waals surface area contributed by atoms with E-state index in [2.05, 4.69) is 4.98 Å². The van der Waals surface area contributed by atoms with Gasteiger partial charge in [-0.15, -0.1) is 0 Å². The van der Waals surface area contributed by atoms with Crippen molar-refractivity contribution in [1.29, 1.82) is 0 Å². The number of carbonyl (C=O) groups excluding carboxylic acids is 1. The van der Waals surface area contributed by atoms with Crippen molar-refractivity contribution >= 4 is 17.7 Å². The lowest BCUT2D eigenvalue weighted by Crippen LogP contribution is -2.45. The number of pyridine rings is 1. The normalized spacial score (nSPS) is 12.3. The Kier molecular flexibility index (Phi) is 4.44. The zero-order valence-electron chi connectivity index (χ0n) is 9.79. The van der Waals surface area contributed by atoms with Crippen LogP contribution in [0.15, 0.2) is 18.3 Å². The van der Waals surface area contributed by atoms with Gasteiger partial charge >= 0.3 is 18.3 Å². The lowest BCUT2D eigenvalue weighted by molar-refractivity contribution is -0.272. The molecule has 1 heterocycles. The number of aromatic carboxylic acids is 1. The maximum atomic E-state index is 12.3. The first-order chi connectivity index (χ1) is 9.43. The third kappa shape index (κ3) is 4.33. The molecule has 1 aromatic rings. The molecule has 0 aliphatic carbocycles. The molecule has 0 aromatic carbocycles. The number of carbonyl (C=O) groups is 2. The van der Waals surface area contributed by atoms with Gasteiger partial charge in [0.15, 0.2) is 0 Å². The summed E-state index contributed by atoms with van der Waals surface area (Å²) in [5, 5.41) is 9.87. The number of alkyl halides is 6. The summed E-state index contributed by atoms with van der Waals surface area (Å²) in [7, 11) is 0. The largest absolute Gasteiger partial charge is 0.478 e. The molecule has 0 unspecified atom stereocenters. The van der Waals surface area contributed by atoms with Crippen molar-refractivity contribution in [1.82, 2.24) is 4.98 Å². The van der Waals surface area contributed by atoms with Crippen molar-refractivity contribution in [2.45, 2.75) is 12.4 Å². The van der Waals surface area contributed by atoms with Gasteiger partial charge in [-0.05, 0) is 12.1 Å². The number of nitrogens with one attached hydrogen (secondary N) is 1. The fraction of sp³-hybridized carbons (Fsp3) is 0.300. The van der Waals surface area contributed by atoms with E-state index in [9.17, 15) is 35.9 Å². The standard InChI is InChI=1S/C10H6F6N2O3/c11-9(12,13)6(10(14,15)16)7(19)18-5-2-1-4(3-17-5)8(20)21/h1-3,6H,(H,20,21)(H,17,18,19). The minimum absolute atomic E-state index is 0.351. The van der Waals surface area contributed by atoms with E-state index in [0.29, 0.717) is 6.20 Å². The maximum absolute atomic E-state index is 12.3. The van der Waals surface area contributed by atoms with Crippen molar-refractivity contribution in [2.24, 2.45) is 5.92 Å². The number of rotatable bonds is 3. The molecule has 0 aliphatic rings. The Morgan fingerprint density at radius 2 is 1.62 bits per heavy atom. The first kappa shape index (κ1) is 16.7. The maximum Gasteiger partial charge on any atom is 0.409 e. The lowest BCUT2D eigenvalue weighted by atomic mass is 10.1. The van der Waals surface area contributed by atoms with Gasteiger partial charge in [0, 0.05) is 6.20 Å². The van der Waals surface area contributed by atoms with Gasteiger partial charge in [-0.1, -0.05) is 0 Å². The predicted molar refractivity (Wildman–Crippen MR) is 55.4 cm³/mol. The van der Waals surface area contributed by atoms with E-state index >= 15 is 0 Å². The second kappa shape index (κ2) is 5.58. The van der Waals surface area contributed by atoms with Gasteiger partial charge in [0.25, 0.3) is 0 Å². The first-order valence-electron chi connectivity index (χ1n) is 5.06. The van der Waals surface area contributed by atoms with Crippen LogP contribution in [0.25, 0.3) is 0 Å². The monoisotopic (exact) mass is 316 g/mol. The Morgan fingerprint density at radius 3 is 1.95 bits per heavy atom. The molecule has 0 spiro atoms. The average molecular weight is 316 g/mol. The molecule has 0 radical (unpaired) electrons. The Balaban J connectivity index is 2.95. The highest BCUT2D eigenvalue weighted by atomic mass is 19.4. The minimum Gasteiger partial charge on any atom is -0.478 e. The van der Waals surface area contributed by atoms with Crippen LogP contribution in [0, 0.1) is 5.92 Å². The van der Waals surface area contributed by atoms with E-state index in [0.717, 1.165) is 12.1 Å². The lowest BCUT2D eigenvalue weighted by Gasteiger charge is -2.21. The summed E-state index contributed by atoms with van der Waals surface area (Å²) in [4.78, 5) is 24.8. The van der Waals surface area contributed by atoms with Crippen molar-refractivity contribution in [3.8, 4) is 0 Å². The molecule has 0 saturated carbocycles. The second-order valence-corrected chi connectivity index (χ2v) is 3.74. The number of nitrogens with zero attached hydrogens (tertiary/aromatic N) is 1. The number of carboxylic acid groups (broad SMARTS) is 1. The highest BCUT2D eigenvalue weighted by molar-refractivity contribution is 5.93. The average Bonchev–Trinajstić information content (AvgIpc) is 2.25. The van der Waals surface area contributed by atoms with Crippen LogP contribution in [0.3, 0.4) is 0 Å². The molecule has 1 amide bonds. The molecule has 116 valence electrons. The van der Waals surface area contributed by atoms with Crippen LogP contribution in [0.1, 0.15) is 10.4 Å². The third-order valence-electron chi connectivity index (χ3n) is 2.18. The highest BCUT2D eigenvalue weighted by Gasteiger charge is 2.61. The summed E-state index contributed by atoms with van der Waals surface area (Å²) < 4.78 is 73.6. The molecule has 0 atom stereocenters. The summed E-state index contributed by atoms with van der Waals surface area (Å²) in [6.07, 6.45) is -11.0. The fourth-order valence-electron chi connectivity index (χ4n) is 1.28. The molecule has 1 aromatic heterocycles. The summed E-state index contributed by atoms with van der Waals surface area (Å²) in [5.41, 5.74) is -0.351. The zero-order chi connectivity index (χ0) is 16.4. The predicted octanol–water partition coefficient (Wildman–Crippen LogP) is 2.46. The molecular formula is C10H6F6N2O3. The number of halogens is 6. The van der Waals surface area contributed by atoms with E-state index in [1.807, 2.05) is 0 Å². The molecule has 0 aliphatic heterocycles. The van der Waals surface area contributed by atoms with Gasteiger partial charge in [0.05, 0.1) is 5.56 Å². The van der Waals surface area contributed by atoms with E-state index in [-0.39, 0.29) is 5.56 Å². The molecule has 11 heteroatoms. The summed E-state index contributed by atoms with van der Waals surface area (Å²) >= 11 is 0. The quantitative estimate of drug-likeness (QED) is 0.840. The fourth-order valence-corrected chi connectivity index (χ4v) is 1.28. The number of hydrogen-bond acceptors (Lipinski definition) is 3. The molecule has 0 saturated heterocycles. The van der Waals surface area contributed by atoms with Gasteiger partial charge < -0.3 is 10.4 Å². The topological polar surface area (TPSA) is 79.3 Å². The van der Waals surface area contributed by atoms with Crippen LogP contribution in [0.5, 0.6) is 0 Å². The number of amides is 1. The first-order valence-corrected chi connectivity index (χ1v) is 5.06. The Bertz CT molecular complexity index is 523. The summed E-state index contributed by atoms with van der Waals surface area (Å²) in [6.45, 7) is 0. The van der Waals surface area contributed by atoms with Gasteiger partial charge in [0.2, 0.25) is 11.8 Å². The van der Waals surface area contributed by atoms with Crippen molar-refractivity contribution in [3.05, 3.63) is 23.9 Å². The van der Waals surface area contributed by atoms with Gasteiger partial charge in [-0.2, -0.15) is 26.3 Å². The Morgan fingerprint density at radius 1 is 1.10 bits per heavy atom. The molecule has 0 bridgehead atoms. The van der Waals surface area contributed by atoms with Crippen molar-refractivity contribution in [2.75, 3.05) is 5.32 Å². The Labute approximate surface area is 112 Å². The van der Waals surface area contributed by atoms with Gasteiger partial charge in [0.1, 0.15) is 5.82 Å². The van der Waals surface area contributed by atoms with Crippen LogP contribution in [-0.2, 0) is 4.79 Å². The molecule has 5 nitrogen and oxygen atoms in total. The molecule has 2 N–H and O–H groups in total. The van der Waals surface area contributed by atoms with Crippen molar-refractivity contribution in [3.63, 3.8) is 0 Å².